The SMILES string of the molecule is C=CCNC(=O)c1nc(C(=O)NCC=C)n2c1CCCC2. The van der Waals surface area contributed by atoms with E-state index in [1.54, 1.807) is 12.2 Å². The minimum Gasteiger partial charge on any atom is -0.347 e. The molecule has 0 aliphatic carbocycles. The normalized spacial score (nSPS) is 13.1. The second-order valence-corrected chi connectivity index (χ2v) is 4.84. The van der Waals surface area contributed by atoms with Crippen LogP contribution in [-0.2, 0) is 13.0 Å². The Balaban J connectivity index is 2.31. The summed E-state index contributed by atoms with van der Waals surface area (Å²) >= 11 is 0. The molecular formula is C15H20N4O2. The Labute approximate surface area is 123 Å². The third-order valence-corrected chi connectivity index (χ3v) is 3.35. The zero-order chi connectivity index (χ0) is 15.2. The van der Waals surface area contributed by atoms with Crippen LogP contribution in [0.1, 0.15) is 39.6 Å². The predicted molar refractivity (Wildman–Crippen MR) is 80.2 cm³/mol. The van der Waals surface area contributed by atoms with Crippen LogP contribution in [0.3, 0.4) is 0 Å². The molecule has 0 saturated heterocycles. The van der Waals surface area contributed by atoms with Crippen molar-refractivity contribution in [2.45, 2.75) is 25.8 Å². The quantitative estimate of drug-likeness (QED) is 0.768. The number of nitrogens with one attached hydrogen (secondary N) is 2. The van der Waals surface area contributed by atoms with E-state index in [0.717, 1.165) is 25.0 Å². The lowest BCUT2D eigenvalue weighted by Gasteiger charge is -2.16. The van der Waals surface area contributed by atoms with E-state index in [2.05, 4.69) is 28.8 Å². The van der Waals surface area contributed by atoms with Gasteiger partial charge >= 0.3 is 0 Å². The fourth-order valence-electron chi connectivity index (χ4n) is 2.39. The van der Waals surface area contributed by atoms with E-state index in [0.29, 0.717) is 31.2 Å². The minimum absolute atomic E-state index is 0.261. The number of nitrogens with zero attached hydrogens (tertiary/aromatic N) is 2. The molecule has 0 atom stereocenters. The van der Waals surface area contributed by atoms with E-state index in [4.69, 9.17) is 0 Å². The maximum Gasteiger partial charge on any atom is 0.287 e. The van der Waals surface area contributed by atoms with Crippen LogP contribution >= 0.6 is 0 Å². The molecule has 0 saturated carbocycles. The van der Waals surface area contributed by atoms with Crippen molar-refractivity contribution in [3.8, 4) is 0 Å². The summed E-state index contributed by atoms with van der Waals surface area (Å²) in [4.78, 5) is 28.5. The zero-order valence-electron chi connectivity index (χ0n) is 12.0. The maximum atomic E-state index is 12.1. The monoisotopic (exact) mass is 288 g/mol. The molecule has 1 aliphatic heterocycles. The molecule has 1 aromatic rings. The Bertz CT molecular complexity index is 526. The largest absolute Gasteiger partial charge is 0.347 e. The molecule has 1 aromatic heterocycles. The summed E-state index contributed by atoms with van der Waals surface area (Å²) in [5, 5.41) is 5.42. The Hall–Kier alpha value is -2.37. The summed E-state index contributed by atoms with van der Waals surface area (Å²) < 4.78 is 1.85. The first-order valence-electron chi connectivity index (χ1n) is 7.06. The maximum absolute atomic E-state index is 12.1. The highest BCUT2D eigenvalue weighted by Gasteiger charge is 2.26. The Kier molecular flexibility index (Phi) is 4.92. The van der Waals surface area contributed by atoms with Crippen LogP contribution in [0.2, 0.25) is 0 Å². The van der Waals surface area contributed by atoms with Crippen molar-refractivity contribution in [1.29, 1.82) is 0 Å². The predicted octanol–water partition coefficient (Wildman–Crippen LogP) is 1.05. The van der Waals surface area contributed by atoms with Gasteiger partial charge in [-0.3, -0.25) is 9.59 Å². The molecular weight excluding hydrogens is 268 g/mol. The Morgan fingerprint density at radius 2 is 1.81 bits per heavy atom. The van der Waals surface area contributed by atoms with Crippen LogP contribution in [0.25, 0.3) is 0 Å². The third-order valence-electron chi connectivity index (χ3n) is 3.35. The van der Waals surface area contributed by atoms with Gasteiger partial charge in [0, 0.05) is 19.6 Å². The molecule has 1 aliphatic rings. The van der Waals surface area contributed by atoms with Crippen LogP contribution in [0.4, 0.5) is 0 Å². The van der Waals surface area contributed by atoms with Gasteiger partial charge in [0.2, 0.25) is 0 Å². The van der Waals surface area contributed by atoms with Gasteiger partial charge in [0.05, 0.1) is 5.69 Å². The molecule has 2 heterocycles. The topological polar surface area (TPSA) is 76.0 Å². The first kappa shape index (κ1) is 15.0. The lowest BCUT2D eigenvalue weighted by atomic mass is 10.1. The highest BCUT2D eigenvalue weighted by atomic mass is 16.2. The van der Waals surface area contributed by atoms with Crippen molar-refractivity contribution in [2.75, 3.05) is 13.1 Å². The highest BCUT2D eigenvalue weighted by molar-refractivity contribution is 5.97. The number of imidazole rings is 1. The van der Waals surface area contributed by atoms with Gasteiger partial charge in [0.25, 0.3) is 11.8 Å². The molecule has 0 radical (unpaired) electrons. The van der Waals surface area contributed by atoms with Crippen molar-refractivity contribution >= 4 is 11.8 Å². The standard InChI is InChI=1S/C15H20N4O2/c1-3-8-16-14(20)12-11-7-5-6-10-19(11)13(18-12)15(21)17-9-4-2/h3-4H,1-2,5-10H2,(H,16,20)(H,17,21). The molecule has 2 N–H and O–H groups in total. The second-order valence-electron chi connectivity index (χ2n) is 4.84. The number of aromatic nitrogens is 2. The van der Waals surface area contributed by atoms with E-state index in [-0.39, 0.29) is 11.8 Å². The minimum atomic E-state index is -0.277. The smallest absolute Gasteiger partial charge is 0.287 e. The number of fused-ring (bicyclic) bond motifs is 1. The van der Waals surface area contributed by atoms with E-state index >= 15 is 0 Å². The molecule has 0 aromatic carbocycles. The lowest BCUT2D eigenvalue weighted by molar-refractivity contribution is 0.0942. The van der Waals surface area contributed by atoms with Gasteiger partial charge < -0.3 is 15.2 Å². The van der Waals surface area contributed by atoms with E-state index in [1.165, 1.54) is 0 Å². The van der Waals surface area contributed by atoms with Crippen molar-refractivity contribution in [1.82, 2.24) is 20.2 Å². The molecule has 21 heavy (non-hydrogen) atoms. The molecule has 112 valence electrons. The van der Waals surface area contributed by atoms with Gasteiger partial charge in [-0.15, -0.1) is 13.2 Å². The molecule has 2 rings (SSSR count). The molecule has 0 bridgehead atoms. The molecule has 2 amide bonds. The summed E-state index contributed by atoms with van der Waals surface area (Å²) in [6.07, 6.45) is 5.96. The van der Waals surface area contributed by atoms with Crippen LogP contribution in [0.5, 0.6) is 0 Å². The van der Waals surface area contributed by atoms with Crippen molar-refractivity contribution in [3.63, 3.8) is 0 Å². The number of carbonyl (C=O) groups excluding carboxylic acids is 2. The van der Waals surface area contributed by atoms with Crippen molar-refractivity contribution in [3.05, 3.63) is 42.5 Å². The molecule has 6 heteroatoms. The van der Waals surface area contributed by atoms with Crippen LogP contribution in [0.15, 0.2) is 25.3 Å². The van der Waals surface area contributed by atoms with E-state index in [9.17, 15) is 9.59 Å². The van der Waals surface area contributed by atoms with Gasteiger partial charge in [0.15, 0.2) is 5.82 Å². The van der Waals surface area contributed by atoms with Crippen LogP contribution in [-0.4, -0.2) is 34.5 Å². The molecule has 0 fully saturated rings. The zero-order valence-corrected chi connectivity index (χ0v) is 12.0. The summed E-state index contributed by atoms with van der Waals surface area (Å²) in [7, 11) is 0. The number of rotatable bonds is 6. The van der Waals surface area contributed by atoms with Gasteiger partial charge in [-0.1, -0.05) is 12.2 Å². The number of amides is 2. The number of hydrogen-bond donors (Lipinski definition) is 2. The fourth-order valence-corrected chi connectivity index (χ4v) is 2.39. The van der Waals surface area contributed by atoms with Gasteiger partial charge in [-0.25, -0.2) is 4.98 Å². The number of carbonyl (C=O) groups is 2. The number of hydrogen-bond acceptors (Lipinski definition) is 3. The molecule has 0 spiro atoms. The van der Waals surface area contributed by atoms with Crippen molar-refractivity contribution < 1.29 is 9.59 Å². The van der Waals surface area contributed by atoms with E-state index in [1.807, 2.05) is 4.57 Å². The first-order valence-corrected chi connectivity index (χ1v) is 7.06. The second kappa shape index (κ2) is 6.88. The summed E-state index contributed by atoms with van der Waals surface area (Å²) in [5.41, 5.74) is 1.19. The Morgan fingerprint density at radius 3 is 2.48 bits per heavy atom. The molecule has 6 nitrogen and oxygen atoms in total. The summed E-state index contributed by atoms with van der Waals surface area (Å²) in [6.45, 7) is 8.60. The fraction of sp³-hybridized carbons (Fsp3) is 0.400. The summed E-state index contributed by atoms with van der Waals surface area (Å²) in [6, 6.07) is 0. The first-order chi connectivity index (χ1) is 10.2. The summed E-state index contributed by atoms with van der Waals surface area (Å²) in [5.74, 6) is -0.237. The lowest BCUT2D eigenvalue weighted by Crippen LogP contribution is -2.28. The van der Waals surface area contributed by atoms with Crippen molar-refractivity contribution in [2.24, 2.45) is 0 Å². The van der Waals surface area contributed by atoms with E-state index < -0.39 is 0 Å². The van der Waals surface area contributed by atoms with Crippen LogP contribution in [0, 0.1) is 0 Å². The van der Waals surface area contributed by atoms with Gasteiger partial charge in [-0.2, -0.15) is 0 Å². The third kappa shape index (κ3) is 3.21. The highest BCUT2D eigenvalue weighted by Crippen LogP contribution is 2.21. The Morgan fingerprint density at radius 1 is 1.14 bits per heavy atom. The van der Waals surface area contributed by atoms with Gasteiger partial charge in [-0.05, 0) is 19.3 Å². The van der Waals surface area contributed by atoms with Gasteiger partial charge in [0.1, 0.15) is 5.69 Å². The average Bonchev–Trinajstić information content (AvgIpc) is 2.90. The average molecular weight is 288 g/mol. The molecule has 0 unspecified atom stereocenters. The van der Waals surface area contributed by atoms with Crippen LogP contribution < -0.4 is 10.6 Å².